The predicted molar refractivity (Wildman–Crippen MR) is 59.0 cm³/mol. The Labute approximate surface area is 104 Å². The molecule has 19 heavy (non-hydrogen) atoms. The average Bonchev–Trinajstić information content (AvgIpc) is 2.82. The molecule has 1 aromatic carbocycles. The molecule has 0 amide bonds. The van der Waals surface area contributed by atoms with Gasteiger partial charge in [0.25, 0.3) is 11.6 Å². The first kappa shape index (κ1) is 11.6. The molecule has 0 unspecified atom stereocenters. The standard InChI is InChI=1S/C11H6F3N5/c12-11(13,14)9-17-18-10-16-8(6-15-19(9)10)7-4-2-1-3-5-7/h1-6H. The van der Waals surface area contributed by atoms with Crippen molar-refractivity contribution in [1.82, 2.24) is 24.8 Å². The molecule has 96 valence electrons. The van der Waals surface area contributed by atoms with Gasteiger partial charge in [0.2, 0.25) is 0 Å². The van der Waals surface area contributed by atoms with Crippen LogP contribution in [-0.2, 0) is 6.18 Å². The average molecular weight is 265 g/mol. The van der Waals surface area contributed by atoms with Gasteiger partial charge >= 0.3 is 6.18 Å². The van der Waals surface area contributed by atoms with Gasteiger partial charge in [0, 0.05) is 5.56 Å². The summed E-state index contributed by atoms with van der Waals surface area (Å²) >= 11 is 0. The van der Waals surface area contributed by atoms with Crippen LogP contribution >= 0.6 is 0 Å². The molecule has 3 rings (SSSR count). The van der Waals surface area contributed by atoms with Gasteiger partial charge in [0.1, 0.15) is 0 Å². The molecule has 0 atom stereocenters. The van der Waals surface area contributed by atoms with E-state index in [0.717, 1.165) is 5.56 Å². The number of hydrogen-bond donors (Lipinski definition) is 0. The molecule has 0 aliphatic heterocycles. The summed E-state index contributed by atoms with van der Waals surface area (Å²) in [5.74, 6) is -1.37. The van der Waals surface area contributed by atoms with E-state index < -0.39 is 12.0 Å². The van der Waals surface area contributed by atoms with Gasteiger partial charge in [0.15, 0.2) is 0 Å². The highest BCUT2D eigenvalue weighted by atomic mass is 19.4. The van der Waals surface area contributed by atoms with Crippen molar-refractivity contribution in [1.29, 1.82) is 0 Å². The first-order chi connectivity index (χ1) is 9.05. The van der Waals surface area contributed by atoms with E-state index in [2.05, 4.69) is 20.3 Å². The second kappa shape index (κ2) is 4.01. The van der Waals surface area contributed by atoms with Crippen LogP contribution in [-0.4, -0.2) is 24.8 Å². The minimum atomic E-state index is -4.61. The van der Waals surface area contributed by atoms with E-state index in [9.17, 15) is 13.2 Å². The molecule has 0 aliphatic carbocycles. The van der Waals surface area contributed by atoms with Crippen molar-refractivity contribution in [2.75, 3.05) is 0 Å². The Bertz CT molecular complexity index is 720. The predicted octanol–water partition coefficient (Wildman–Crippen LogP) is 2.21. The first-order valence-electron chi connectivity index (χ1n) is 5.27. The Morgan fingerprint density at radius 1 is 1.00 bits per heavy atom. The largest absolute Gasteiger partial charge is 0.453 e. The lowest BCUT2D eigenvalue weighted by atomic mass is 10.2. The first-order valence-corrected chi connectivity index (χ1v) is 5.27. The number of halogens is 3. The zero-order chi connectivity index (χ0) is 13.5. The number of benzene rings is 1. The van der Waals surface area contributed by atoms with Crippen LogP contribution in [0.5, 0.6) is 0 Å². The van der Waals surface area contributed by atoms with Crippen LogP contribution < -0.4 is 0 Å². The molecule has 2 heterocycles. The molecular weight excluding hydrogens is 259 g/mol. The lowest BCUT2D eigenvalue weighted by molar-refractivity contribution is -0.146. The zero-order valence-corrected chi connectivity index (χ0v) is 9.33. The SMILES string of the molecule is FC(F)(F)c1nnc2nc(-c3ccccc3)cnn12. The monoisotopic (exact) mass is 265 g/mol. The van der Waals surface area contributed by atoms with Crippen LogP contribution in [0.2, 0.25) is 0 Å². The molecule has 3 aromatic rings. The van der Waals surface area contributed by atoms with Gasteiger partial charge < -0.3 is 0 Å². The van der Waals surface area contributed by atoms with Crippen molar-refractivity contribution in [3.8, 4) is 11.3 Å². The lowest BCUT2D eigenvalue weighted by Crippen LogP contribution is -2.12. The second-order valence-electron chi connectivity index (χ2n) is 3.74. The van der Waals surface area contributed by atoms with E-state index >= 15 is 0 Å². The summed E-state index contributed by atoms with van der Waals surface area (Å²) in [7, 11) is 0. The zero-order valence-electron chi connectivity index (χ0n) is 9.33. The lowest BCUT2D eigenvalue weighted by Gasteiger charge is -2.03. The Hall–Kier alpha value is -2.51. The van der Waals surface area contributed by atoms with Crippen LogP contribution in [0.25, 0.3) is 17.0 Å². The van der Waals surface area contributed by atoms with Crippen molar-refractivity contribution in [3.05, 3.63) is 42.4 Å². The van der Waals surface area contributed by atoms with Crippen molar-refractivity contribution < 1.29 is 13.2 Å². The van der Waals surface area contributed by atoms with Gasteiger partial charge in [-0.3, -0.25) is 0 Å². The number of fused-ring (bicyclic) bond motifs is 1. The molecule has 0 aliphatic rings. The Balaban J connectivity index is 2.14. The normalized spacial score (nSPS) is 11.9. The maximum Gasteiger partial charge on any atom is 0.453 e. The fraction of sp³-hybridized carbons (Fsp3) is 0.0909. The van der Waals surface area contributed by atoms with Gasteiger partial charge in [0.05, 0.1) is 11.9 Å². The van der Waals surface area contributed by atoms with Crippen molar-refractivity contribution in [2.24, 2.45) is 0 Å². The molecule has 0 spiro atoms. The second-order valence-corrected chi connectivity index (χ2v) is 3.74. The van der Waals surface area contributed by atoms with Gasteiger partial charge in [-0.1, -0.05) is 30.3 Å². The minimum Gasteiger partial charge on any atom is -0.208 e. The van der Waals surface area contributed by atoms with Gasteiger partial charge in [-0.25, -0.2) is 4.98 Å². The summed E-state index contributed by atoms with van der Waals surface area (Å²) in [5, 5.41) is 10.1. The highest BCUT2D eigenvalue weighted by Crippen LogP contribution is 2.27. The van der Waals surface area contributed by atoms with Crippen LogP contribution in [0.15, 0.2) is 36.5 Å². The summed E-state index contributed by atoms with van der Waals surface area (Å²) in [5.41, 5.74) is 1.18. The maximum absolute atomic E-state index is 12.6. The Morgan fingerprint density at radius 3 is 2.42 bits per heavy atom. The molecule has 0 N–H and O–H groups in total. The fourth-order valence-electron chi connectivity index (χ4n) is 1.62. The summed E-state index contributed by atoms with van der Waals surface area (Å²) in [4.78, 5) is 4.01. The van der Waals surface area contributed by atoms with E-state index in [1.807, 2.05) is 6.07 Å². The van der Waals surface area contributed by atoms with Crippen LogP contribution in [0.1, 0.15) is 5.82 Å². The van der Waals surface area contributed by atoms with E-state index in [1.165, 1.54) is 6.20 Å². The number of aromatic nitrogens is 5. The number of alkyl halides is 3. The third-order valence-corrected chi connectivity index (χ3v) is 2.46. The van der Waals surface area contributed by atoms with Crippen LogP contribution in [0, 0.1) is 0 Å². The number of nitrogens with zero attached hydrogens (tertiary/aromatic N) is 5. The number of rotatable bonds is 1. The van der Waals surface area contributed by atoms with E-state index in [0.29, 0.717) is 10.2 Å². The van der Waals surface area contributed by atoms with E-state index in [4.69, 9.17) is 0 Å². The van der Waals surface area contributed by atoms with Crippen LogP contribution in [0.3, 0.4) is 0 Å². The van der Waals surface area contributed by atoms with Gasteiger partial charge in [-0.2, -0.15) is 22.8 Å². The molecule has 0 saturated heterocycles. The summed E-state index contributed by atoms with van der Waals surface area (Å²) < 4.78 is 38.3. The smallest absolute Gasteiger partial charge is 0.208 e. The molecule has 0 radical (unpaired) electrons. The summed E-state index contributed by atoms with van der Waals surface area (Å²) in [6.07, 6.45) is -3.36. The Morgan fingerprint density at radius 2 is 1.74 bits per heavy atom. The molecule has 0 fully saturated rings. The topological polar surface area (TPSA) is 56.0 Å². The highest BCUT2D eigenvalue weighted by molar-refractivity contribution is 5.59. The van der Waals surface area contributed by atoms with Gasteiger partial charge in [-0.15, -0.1) is 10.2 Å². The van der Waals surface area contributed by atoms with Crippen molar-refractivity contribution >= 4 is 5.78 Å². The molecule has 8 heteroatoms. The quantitative estimate of drug-likeness (QED) is 0.677. The molecular formula is C11H6F3N5. The molecule has 0 bridgehead atoms. The third-order valence-electron chi connectivity index (χ3n) is 2.46. The van der Waals surface area contributed by atoms with Crippen LogP contribution in [0.4, 0.5) is 13.2 Å². The van der Waals surface area contributed by atoms with Crippen molar-refractivity contribution in [2.45, 2.75) is 6.18 Å². The van der Waals surface area contributed by atoms with E-state index in [-0.39, 0.29) is 5.78 Å². The molecule has 0 saturated carbocycles. The molecule has 2 aromatic heterocycles. The van der Waals surface area contributed by atoms with Crippen molar-refractivity contribution in [3.63, 3.8) is 0 Å². The fourth-order valence-corrected chi connectivity index (χ4v) is 1.62. The third kappa shape index (κ3) is 2.01. The highest BCUT2D eigenvalue weighted by Gasteiger charge is 2.37. The minimum absolute atomic E-state index is 0.186. The molecule has 5 nitrogen and oxygen atoms in total. The van der Waals surface area contributed by atoms with E-state index in [1.54, 1.807) is 24.3 Å². The summed E-state index contributed by atoms with van der Waals surface area (Å²) in [6.45, 7) is 0. The maximum atomic E-state index is 12.6. The van der Waals surface area contributed by atoms with Gasteiger partial charge in [-0.05, 0) is 0 Å². The Kier molecular flexibility index (Phi) is 2.44. The number of hydrogen-bond acceptors (Lipinski definition) is 4. The summed E-state index contributed by atoms with van der Waals surface area (Å²) in [6, 6.07) is 8.98.